The Labute approximate surface area is 141 Å². The van der Waals surface area contributed by atoms with E-state index in [1.165, 1.54) is 46.8 Å². The summed E-state index contributed by atoms with van der Waals surface area (Å²) in [4.78, 5) is 4.16. The van der Waals surface area contributed by atoms with Crippen LogP contribution < -0.4 is 5.32 Å². The van der Waals surface area contributed by atoms with Crippen LogP contribution in [0.4, 0.5) is 11.5 Å². The van der Waals surface area contributed by atoms with E-state index in [2.05, 4.69) is 40.7 Å². The molecule has 3 nitrogen and oxygen atoms in total. The molecule has 4 heteroatoms. The maximum atomic E-state index is 4.55. The summed E-state index contributed by atoms with van der Waals surface area (Å²) in [6, 6.07) is 6.62. The summed E-state index contributed by atoms with van der Waals surface area (Å²) < 4.78 is 5.68. The number of aromatic nitrogens is 2. The molecule has 3 aromatic rings. The van der Waals surface area contributed by atoms with E-state index in [-0.39, 0.29) is 0 Å². The number of nitrogens with one attached hydrogen (secondary N) is 1. The highest BCUT2D eigenvalue weighted by molar-refractivity contribution is 7.13. The molecule has 0 unspecified atom stereocenters. The molecule has 1 fully saturated rings. The van der Waals surface area contributed by atoms with Crippen LogP contribution >= 0.6 is 11.5 Å². The number of fused-ring (bicyclic) bond motifs is 1. The SMILES string of the molecule is CC.Cc1cc(Nc2nsc3cnccc23)c(C2CC2)cc1C. The maximum Gasteiger partial charge on any atom is 0.152 e. The summed E-state index contributed by atoms with van der Waals surface area (Å²) in [5.74, 6) is 1.67. The van der Waals surface area contributed by atoms with Gasteiger partial charge in [0.2, 0.25) is 0 Å². The highest BCUT2D eigenvalue weighted by Gasteiger charge is 2.27. The number of hydrogen-bond donors (Lipinski definition) is 1. The predicted molar refractivity (Wildman–Crippen MR) is 99.9 cm³/mol. The largest absolute Gasteiger partial charge is 0.339 e. The minimum absolute atomic E-state index is 0.721. The fourth-order valence-electron chi connectivity index (χ4n) is 2.69. The normalized spacial score (nSPS) is 13.6. The van der Waals surface area contributed by atoms with Gasteiger partial charge in [0.1, 0.15) is 0 Å². The minimum atomic E-state index is 0.721. The Bertz CT molecular complexity index is 819. The number of benzene rings is 1. The zero-order valence-electron chi connectivity index (χ0n) is 14.2. The molecular weight excluding hydrogens is 302 g/mol. The van der Waals surface area contributed by atoms with E-state index in [0.717, 1.165) is 21.8 Å². The summed E-state index contributed by atoms with van der Waals surface area (Å²) in [5.41, 5.74) is 5.34. The smallest absolute Gasteiger partial charge is 0.152 e. The van der Waals surface area contributed by atoms with Crippen molar-refractivity contribution in [3.8, 4) is 0 Å². The molecule has 0 atom stereocenters. The van der Waals surface area contributed by atoms with Crippen LogP contribution in [0.25, 0.3) is 10.1 Å². The Morgan fingerprint density at radius 2 is 1.87 bits per heavy atom. The molecule has 0 spiro atoms. The average Bonchev–Trinajstić information content (AvgIpc) is 3.35. The van der Waals surface area contributed by atoms with Crippen LogP contribution in [0, 0.1) is 13.8 Å². The molecule has 1 aliphatic rings. The lowest BCUT2D eigenvalue weighted by Gasteiger charge is -2.13. The van der Waals surface area contributed by atoms with Gasteiger partial charge in [-0.1, -0.05) is 19.9 Å². The molecule has 4 rings (SSSR count). The fraction of sp³-hybridized carbons (Fsp3) is 0.368. The van der Waals surface area contributed by atoms with Gasteiger partial charge in [0.15, 0.2) is 5.82 Å². The Morgan fingerprint density at radius 3 is 2.61 bits per heavy atom. The molecule has 2 aromatic heterocycles. The monoisotopic (exact) mass is 325 g/mol. The topological polar surface area (TPSA) is 37.8 Å². The number of nitrogens with zero attached hydrogens (tertiary/aromatic N) is 2. The third-order valence-corrected chi connectivity index (χ3v) is 5.01. The second-order valence-corrected chi connectivity index (χ2v) is 6.63. The molecule has 0 bridgehead atoms. The van der Waals surface area contributed by atoms with Gasteiger partial charge in [0.05, 0.1) is 4.70 Å². The van der Waals surface area contributed by atoms with Gasteiger partial charge in [-0.3, -0.25) is 4.98 Å². The number of hydrogen-bond acceptors (Lipinski definition) is 4. The molecule has 1 N–H and O–H groups in total. The number of anilines is 2. The first-order valence-electron chi connectivity index (χ1n) is 8.30. The molecule has 23 heavy (non-hydrogen) atoms. The zero-order valence-corrected chi connectivity index (χ0v) is 15.0. The van der Waals surface area contributed by atoms with Crippen molar-refractivity contribution in [2.24, 2.45) is 0 Å². The Hall–Kier alpha value is -1.94. The van der Waals surface area contributed by atoms with E-state index in [1.54, 1.807) is 0 Å². The summed E-state index contributed by atoms with van der Waals surface area (Å²) in [6.07, 6.45) is 6.31. The molecule has 1 aliphatic carbocycles. The summed E-state index contributed by atoms with van der Waals surface area (Å²) >= 11 is 1.50. The van der Waals surface area contributed by atoms with Crippen LogP contribution in [0.5, 0.6) is 0 Å². The van der Waals surface area contributed by atoms with E-state index in [4.69, 9.17) is 0 Å². The van der Waals surface area contributed by atoms with Gasteiger partial charge < -0.3 is 5.32 Å². The van der Waals surface area contributed by atoms with Crippen LogP contribution in [0.15, 0.2) is 30.6 Å². The second-order valence-electron chi connectivity index (χ2n) is 5.83. The van der Waals surface area contributed by atoms with Gasteiger partial charge in [-0.15, -0.1) is 0 Å². The van der Waals surface area contributed by atoms with Gasteiger partial charge in [-0.25, -0.2) is 0 Å². The maximum absolute atomic E-state index is 4.55. The van der Waals surface area contributed by atoms with E-state index in [0.29, 0.717) is 0 Å². The van der Waals surface area contributed by atoms with Crippen LogP contribution in [0.1, 0.15) is 49.3 Å². The molecule has 2 heterocycles. The highest BCUT2D eigenvalue weighted by atomic mass is 32.1. The van der Waals surface area contributed by atoms with Gasteiger partial charge in [0.25, 0.3) is 0 Å². The summed E-state index contributed by atoms with van der Waals surface area (Å²) in [6.45, 7) is 8.36. The standard InChI is InChI=1S/C17H17N3S.C2H6/c1-10-7-14(12-3-4-12)15(8-11(10)2)19-17-13-5-6-18-9-16(13)21-20-17;1-2/h5-9,12H,3-4H2,1-2H3,(H,19,20);1-2H3. The van der Waals surface area contributed by atoms with E-state index >= 15 is 0 Å². The van der Waals surface area contributed by atoms with Gasteiger partial charge >= 0.3 is 0 Å². The molecule has 120 valence electrons. The Kier molecular flexibility index (Phi) is 4.62. The third-order valence-electron chi connectivity index (χ3n) is 4.21. The van der Waals surface area contributed by atoms with Gasteiger partial charge in [0, 0.05) is 23.5 Å². The first-order valence-corrected chi connectivity index (χ1v) is 9.07. The zero-order chi connectivity index (χ0) is 16.4. The Balaban J connectivity index is 0.000000753. The molecule has 0 saturated heterocycles. The lowest BCUT2D eigenvalue weighted by molar-refractivity contribution is 1.11. The lowest BCUT2D eigenvalue weighted by Crippen LogP contribution is -1.98. The first kappa shape index (κ1) is 15.9. The van der Waals surface area contributed by atoms with Crippen molar-refractivity contribution < 1.29 is 0 Å². The van der Waals surface area contributed by atoms with Gasteiger partial charge in [-0.2, -0.15) is 4.37 Å². The summed E-state index contributed by atoms with van der Waals surface area (Å²) in [5, 5.41) is 4.70. The molecular formula is C19H23N3S. The number of pyridine rings is 1. The van der Waals surface area contributed by atoms with Crippen LogP contribution in [-0.4, -0.2) is 9.36 Å². The van der Waals surface area contributed by atoms with Crippen molar-refractivity contribution >= 4 is 33.1 Å². The highest BCUT2D eigenvalue weighted by Crippen LogP contribution is 2.45. The van der Waals surface area contributed by atoms with Crippen molar-refractivity contribution in [3.05, 3.63) is 47.3 Å². The summed E-state index contributed by atoms with van der Waals surface area (Å²) in [7, 11) is 0. The number of rotatable bonds is 3. The molecule has 0 radical (unpaired) electrons. The van der Waals surface area contributed by atoms with Crippen molar-refractivity contribution in [1.82, 2.24) is 9.36 Å². The first-order chi connectivity index (χ1) is 11.2. The molecule has 0 aliphatic heterocycles. The quantitative estimate of drug-likeness (QED) is 0.646. The second kappa shape index (κ2) is 6.67. The average molecular weight is 325 g/mol. The van der Waals surface area contributed by atoms with Crippen molar-refractivity contribution in [2.75, 3.05) is 5.32 Å². The van der Waals surface area contributed by atoms with Crippen molar-refractivity contribution in [3.63, 3.8) is 0 Å². The predicted octanol–water partition coefficient (Wildman–Crippen LogP) is 5.96. The lowest BCUT2D eigenvalue weighted by atomic mass is 10.0. The molecule has 1 aromatic carbocycles. The third kappa shape index (κ3) is 3.22. The van der Waals surface area contributed by atoms with Crippen LogP contribution in [0.2, 0.25) is 0 Å². The van der Waals surface area contributed by atoms with Crippen LogP contribution in [-0.2, 0) is 0 Å². The molecule has 1 saturated carbocycles. The fourth-order valence-corrected chi connectivity index (χ4v) is 3.39. The van der Waals surface area contributed by atoms with Gasteiger partial charge in [-0.05, 0) is 73.0 Å². The van der Waals surface area contributed by atoms with Crippen molar-refractivity contribution in [1.29, 1.82) is 0 Å². The number of aryl methyl sites for hydroxylation is 2. The minimum Gasteiger partial charge on any atom is -0.339 e. The van der Waals surface area contributed by atoms with E-state index in [9.17, 15) is 0 Å². The molecule has 0 amide bonds. The van der Waals surface area contributed by atoms with E-state index in [1.807, 2.05) is 32.3 Å². The van der Waals surface area contributed by atoms with Crippen molar-refractivity contribution in [2.45, 2.75) is 46.5 Å². The van der Waals surface area contributed by atoms with E-state index < -0.39 is 0 Å². The van der Waals surface area contributed by atoms with Crippen LogP contribution in [0.3, 0.4) is 0 Å². The Morgan fingerprint density at radius 1 is 1.13 bits per heavy atom.